The van der Waals surface area contributed by atoms with Gasteiger partial charge in [-0.2, -0.15) is 0 Å². The van der Waals surface area contributed by atoms with Gasteiger partial charge in [-0.05, 0) is 51.0 Å². The molecule has 2 rings (SSSR count). The van der Waals surface area contributed by atoms with Gasteiger partial charge in [0, 0.05) is 5.69 Å². The zero-order valence-electron chi connectivity index (χ0n) is 13.0. The van der Waals surface area contributed by atoms with Crippen molar-refractivity contribution in [2.24, 2.45) is 10.7 Å². The summed E-state index contributed by atoms with van der Waals surface area (Å²) in [6, 6.07) is 5.26. The molecule has 1 saturated heterocycles. The zero-order chi connectivity index (χ0) is 17.1. The molecule has 0 aliphatic carbocycles. The maximum absolute atomic E-state index is 12.1. The van der Waals surface area contributed by atoms with Crippen LogP contribution in [0.4, 0.5) is 18.9 Å². The zero-order valence-corrected chi connectivity index (χ0v) is 13.0. The van der Waals surface area contributed by atoms with Crippen molar-refractivity contribution in [1.82, 2.24) is 0 Å². The molecule has 23 heavy (non-hydrogen) atoms. The minimum atomic E-state index is -4.70. The molecular weight excluding hydrogens is 311 g/mol. The highest BCUT2D eigenvalue weighted by Gasteiger charge is 2.31. The van der Waals surface area contributed by atoms with E-state index in [1.807, 2.05) is 13.8 Å². The van der Waals surface area contributed by atoms with Crippen LogP contribution < -0.4 is 15.8 Å². The molecule has 1 fully saturated rings. The molecule has 1 aliphatic heterocycles. The van der Waals surface area contributed by atoms with Crippen LogP contribution in [-0.4, -0.2) is 30.6 Å². The molecule has 5 nitrogen and oxygen atoms in total. The second-order valence-electron chi connectivity index (χ2n) is 5.96. The fourth-order valence-electron chi connectivity index (χ4n) is 2.33. The van der Waals surface area contributed by atoms with Gasteiger partial charge in [0.2, 0.25) is 0 Å². The summed E-state index contributed by atoms with van der Waals surface area (Å²) in [5, 5.41) is 2.81. The van der Waals surface area contributed by atoms with E-state index in [9.17, 15) is 13.2 Å². The number of nitrogens with one attached hydrogen (secondary N) is 1. The van der Waals surface area contributed by atoms with Crippen molar-refractivity contribution in [1.29, 1.82) is 0 Å². The van der Waals surface area contributed by atoms with E-state index in [1.54, 1.807) is 0 Å². The van der Waals surface area contributed by atoms with Crippen LogP contribution in [-0.2, 0) is 4.74 Å². The molecule has 1 aromatic rings. The summed E-state index contributed by atoms with van der Waals surface area (Å²) in [4.78, 5) is 4.20. The van der Waals surface area contributed by atoms with Gasteiger partial charge in [-0.25, -0.2) is 0 Å². The second-order valence-corrected chi connectivity index (χ2v) is 5.96. The normalized spacial score (nSPS) is 21.3. The molecule has 128 valence electrons. The van der Waals surface area contributed by atoms with Gasteiger partial charge in [0.15, 0.2) is 5.96 Å². The van der Waals surface area contributed by atoms with Gasteiger partial charge < -0.3 is 20.5 Å². The molecule has 0 bridgehead atoms. The van der Waals surface area contributed by atoms with Gasteiger partial charge in [-0.3, -0.25) is 4.99 Å². The first kappa shape index (κ1) is 17.4. The topological polar surface area (TPSA) is 68.9 Å². The molecule has 0 radical (unpaired) electrons. The minimum absolute atomic E-state index is 0.0351. The predicted octanol–water partition coefficient (Wildman–Crippen LogP) is 3.27. The molecule has 0 amide bonds. The first-order chi connectivity index (χ1) is 10.6. The van der Waals surface area contributed by atoms with Crippen LogP contribution in [0.25, 0.3) is 0 Å². The fraction of sp³-hybridized carbons (Fsp3) is 0.533. The third-order valence-corrected chi connectivity index (χ3v) is 3.38. The lowest BCUT2D eigenvalue weighted by molar-refractivity contribution is -0.274. The average molecular weight is 331 g/mol. The predicted molar refractivity (Wildman–Crippen MR) is 81.4 cm³/mol. The van der Waals surface area contributed by atoms with Gasteiger partial charge in [0.1, 0.15) is 5.75 Å². The summed E-state index contributed by atoms with van der Waals surface area (Å²) in [6.45, 7) is 4.50. The SMILES string of the molecule is CC1(C)CCC(CN=C(N)Nc2ccc(OC(F)(F)F)cc2)O1. The van der Waals surface area contributed by atoms with Crippen molar-refractivity contribution in [3.8, 4) is 5.75 Å². The van der Waals surface area contributed by atoms with Crippen LogP contribution in [0.15, 0.2) is 29.3 Å². The Morgan fingerprint density at radius 1 is 1.39 bits per heavy atom. The van der Waals surface area contributed by atoms with E-state index in [2.05, 4.69) is 15.0 Å². The Morgan fingerprint density at radius 2 is 2.04 bits per heavy atom. The number of nitrogens with two attached hydrogens (primary N) is 1. The monoisotopic (exact) mass is 331 g/mol. The lowest BCUT2D eigenvalue weighted by Gasteiger charge is -2.18. The van der Waals surface area contributed by atoms with Crippen LogP contribution in [0, 0.1) is 0 Å². The number of hydrogen-bond donors (Lipinski definition) is 2. The number of guanidine groups is 1. The van der Waals surface area contributed by atoms with Crippen molar-refractivity contribution >= 4 is 11.6 Å². The summed E-state index contributed by atoms with van der Waals surface area (Å²) in [5.74, 6) is -0.108. The number of halogens is 3. The van der Waals surface area contributed by atoms with Crippen molar-refractivity contribution < 1.29 is 22.6 Å². The van der Waals surface area contributed by atoms with E-state index in [0.29, 0.717) is 12.2 Å². The first-order valence-electron chi connectivity index (χ1n) is 7.23. The van der Waals surface area contributed by atoms with Gasteiger partial charge >= 0.3 is 6.36 Å². The molecule has 0 spiro atoms. The average Bonchev–Trinajstić information content (AvgIpc) is 2.77. The largest absolute Gasteiger partial charge is 0.573 e. The van der Waals surface area contributed by atoms with E-state index in [0.717, 1.165) is 12.8 Å². The van der Waals surface area contributed by atoms with Crippen molar-refractivity contribution in [3.05, 3.63) is 24.3 Å². The third-order valence-electron chi connectivity index (χ3n) is 3.38. The summed E-state index contributed by atoms with van der Waals surface area (Å²) in [6.07, 6.45) is -2.77. The van der Waals surface area contributed by atoms with Crippen LogP contribution in [0.3, 0.4) is 0 Å². The van der Waals surface area contributed by atoms with Crippen LogP contribution >= 0.6 is 0 Å². The van der Waals surface area contributed by atoms with E-state index < -0.39 is 6.36 Å². The molecule has 8 heteroatoms. The summed E-state index contributed by atoms with van der Waals surface area (Å²) in [7, 11) is 0. The van der Waals surface area contributed by atoms with Crippen LogP contribution in [0.2, 0.25) is 0 Å². The number of hydrogen-bond acceptors (Lipinski definition) is 3. The first-order valence-corrected chi connectivity index (χ1v) is 7.23. The van der Waals surface area contributed by atoms with E-state index in [4.69, 9.17) is 10.5 Å². The molecular formula is C15H20F3N3O2. The lowest BCUT2D eigenvalue weighted by atomic mass is 10.1. The number of benzene rings is 1. The summed E-state index contributed by atoms with van der Waals surface area (Å²) < 4.78 is 45.8. The number of alkyl halides is 3. The Morgan fingerprint density at radius 3 is 2.57 bits per heavy atom. The van der Waals surface area contributed by atoms with Crippen molar-refractivity contribution in [2.75, 3.05) is 11.9 Å². The standard InChI is InChI=1S/C15H20F3N3O2/c1-14(2)8-7-12(22-14)9-20-13(19)21-10-3-5-11(6-4-10)23-15(16,17)18/h3-6,12H,7-9H2,1-2H3,(H3,19,20,21). The summed E-state index contributed by atoms with van der Waals surface area (Å²) >= 11 is 0. The van der Waals surface area contributed by atoms with Crippen molar-refractivity contribution in [2.45, 2.75) is 44.8 Å². The molecule has 1 heterocycles. The lowest BCUT2D eigenvalue weighted by Crippen LogP contribution is -2.26. The fourth-order valence-corrected chi connectivity index (χ4v) is 2.33. The van der Waals surface area contributed by atoms with Gasteiger partial charge in [-0.15, -0.1) is 13.2 Å². The molecule has 0 aromatic heterocycles. The minimum Gasteiger partial charge on any atom is -0.406 e. The molecule has 1 aliphatic rings. The molecule has 0 saturated carbocycles. The highest BCUT2D eigenvalue weighted by Crippen LogP contribution is 2.29. The highest BCUT2D eigenvalue weighted by atomic mass is 19.4. The van der Waals surface area contributed by atoms with Gasteiger partial charge in [-0.1, -0.05) is 0 Å². The molecule has 1 aromatic carbocycles. The number of rotatable bonds is 4. The smallest absolute Gasteiger partial charge is 0.406 e. The molecule has 3 N–H and O–H groups in total. The molecule has 1 unspecified atom stereocenters. The maximum Gasteiger partial charge on any atom is 0.573 e. The van der Waals surface area contributed by atoms with Crippen LogP contribution in [0.5, 0.6) is 5.75 Å². The Hall–Kier alpha value is -1.96. The highest BCUT2D eigenvalue weighted by molar-refractivity contribution is 5.92. The maximum atomic E-state index is 12.1. The Kier molecular flexibility index (Phi) is 5.03. The molecule has 1 atom stereocenters. The second kappa shape index (κ2) is 6.66. The van der Waals surface area contributed by atoms with E-state index in [-0.39, 0.29) is 23.4 Å². The van der Waals surface area contributed by atoms with Crippen molar-refractivity contribution in [3.63, 3.8) is 0 Å². The Bertz CT molecular complexity index is 556. The number of nitrogens with zero attached hydrogens (tertiary/aromatic N) is 1. The van der Waals surface area contributed by atoms with E-state index in [1.165, 1.54) is 24.3 Å². The Labute approximate surface area is 132 Å². The van der Waals surface area contributed by atoms with Gasteiger partial charge in [0.05, 0.1) is 18.2 Å². The number of anilines is 1. The number of ether oxygens (including phenoxy) is 2. The third kappa shape index (κ3) is 5.97. The van der Waals surface area contributed by atoms with Gasteiger partial charge in [0.25, 0.3) is 0 Å². The Balaban J connectivity index is 1.85. The van der Waals surface area contributed by atoms with E-state index >= 15 is 0 Å². The summed E-state index contributed by atoms with van der Waals surface area (Å²) in [5.41, 5.74) is 6.16. The number of aliphatic imine (C=N–C) groups is 1. The van der Waals surface area contributed by atoms with Crippen LogP contribution in [0.1, 0.15) is 26.7 Å². The quantitative estimate of drug-likeness (QED) is 0.656.